The summed E-state index contributed by atoms with van der Waals surface area (Å²) in [7, 11) is 0. The lowest BCUT2D eigenvalue weighted by Gasteiger charge is -2.06. The van der Waals surface area contributed by atoms with E-state index in [1.165, 1.54) is 0 Å². The molecule has 0 radical (unpaired) electrons. The monoisotopic (exact) mass is 264 g/mol. The van der Waals surface area contributed by atoms with Gasteiger partial charge in [0.1, 0.15) is 5.75 Å². The first kappa shape index (κ1) is 13.0. The summed E-state index contributed by atoms with van der Waals surface area (Å²) in [6, 6.07) is 7.67. The average Bonchev–Trinajstić information content (AvgIpc) is 2.77. The van der Waals surface area contributed by atoms with E-state index < -0.39 is 0 Å². The molecule has 0 bridgehead atoms. The maximum Gasteiger partial charge on any atom is 0.277 e. The molecule has 2 rings (SSSR count). The Balaban J connectivity index is 2.28. The first-order chi connectivity index (χ1) is 8.70. The van der Waals surface area contributed by atoms with Gasteiger partial charge in [-0.2, -0.15) is 0 Å². The average molecular weight is 264 g/mol. The molecule has 96 valence electrons. The summed E-state index contributed by atoms with van der Waals surface area (Å²) in [5.74, 6) is 1.27. The van der Waals surface area contributed by atoms with Crippen molar-refractivity contribution in [2.45, 2.75) is 31.2 Å². The summed E-state index contributed by atoms with van der Waals surface area (Å²) in [5, 5.41) is 9.10. The highest BCUT2D eigenvalue weighted by atomic mass is 32.2. The maximum atomic E-state index is 5.63. The van der Waals surface area contributed by atoms with Crippen LogP contribution in [0, 0.1) is 0 Å². The van der Waals surface area contributed by atoms with Gasteiger partial charge in [-0.15, -0.1) is 10.2 Å². The number of hydrogen-bond donors (Lipinski definition) is 0. The summed E-state index contributed by atoms with van der Waals surface area (Å²) in [6.07, 6.45) is 0. The van der Waals surface area contributed by atoms with Crippen LogP contribution in [-0.4, -0.2) is 22.1 Å². The fraction of sp³-hybridized carbons (Fsp3) is 0.385. The molecule has 0 saturated heterocycles. The third kappa shape index (κ3) is 3.04. The third-order valence-corrected chi connectivity index (χ3v) is 3.00. The Hall–Kier alpha value is -1.49. The summed E-state index contributed by atoms with van der Waals surface area (Å²) < 4.78 is 11.2. The van der Waals surface area contributed by atoms with E-state index in [2.05, 4.69) is 24.0 Å². The number of ether oxygens (including phenoxy) is 1. The van der Waals surface area contributed by atoms with Gasteiger partial charge in [0.15, 0.2) is 0 Å². The molecule has 0 unspecified atom stereocenters. The number of nitrogens with zero attached hydrogens (tertiary/aromatic N) is 2. The van der Waals surface area contributed by atoms with E-state index in [-0.39, 0.29) is 0 Å². The van der Waals surface area contributed by atoms with Crippen molar-refractivity contribution in [3.05, 3.63) is 24.3 Å². The zero-order chi connectivity index (χ0) is 13.0. The van der Waals surface area contributed by atoms with E-state index in [1.807, 2.05) is 31.2 Å². The van der Waals surface area contributed by atoms with Gasteiger partial charge in [-0.25, -0.2) is 0 Å². The second-order valence-electron chi connectivity index (χ2n) is 3.97. The minimum absolute atomic E-state index is 0.417. The Labute approximate surface area is 111 Å². The van der Waals surface area contributed by atoms with Gasteiger partial charge in [-0.05, 0) is 19.1 Å². The summed E-state index contributed by atoms with van der Waals surface area (Å²) >= 11 is 1.55. The van der Waals surface area contributed by atoms with E-state index in [0.717, 1.165) is 11.3 Å². The molecule has 0 amide bonds. The minimum atomic E-state index is 0.417. The smallest absolute Gasteiger partial charge is 0.277 e. The Bertz CT molecular complexity index is 511. The Morgan fingerprint density at radius 3 is 2.78 bits per heavy atom. The molecule has 0 aliphatic rings. The topological polar surface area (TPSA) is 48.2 Å². The molecule has 1 aromatic carbocycles. The van der Waals surface area contributed by atoms with Crippen molar-refractivity contribution in [1.29, 1.82) is 0 Å². The van der Waals surface area contributed by atoms with Gasteiger partial charge >= 0.3 is 0 Å². The maximum absolute atomic E-state index is 5.63. The second kappa shape index (κ2) is 5.91. The third-order valence-electron chi connectivity index (χ3n) is 2.16. The van der Waals surface area contributed by atoms with Crippen molar-refractivity contribution in [2.24, 2.45) is 0 Å². The number of para-hydroxylation sites is 1. The van der Waals surface area contributed by atoms with Crippen molar-refractivity contribution >= 4 is 11.8 Å². The number of benzene rings is 1. The zero-order valence-electron chi connectivity index (χ0n) is 10.7. The van der Waals surface area contributed by atoms with E-state index >= 15 is 0 Å². The molecule has 0 aliphatic heterocycles. The summed E-state index contributed by atoms with van der Waals surface area (Å²) in [4.78, 5) is 0. The van der Waals surface area contributed by atoms with E-state index in [4.69, 9.17) is 9.15 Å². The molecule has 1 heterocycles. The largest absolute Gasteiger partial charge is 0.493 e. The molecule has 1 aromatic heterocycles. The Morgan fingerprint density at radius 2 is 2.06 bits per heavy atom. The molecule has 18 heavy (non-hydrogen) atoms. The van der Waals surface area contributed by atoms with Gasteiger partial charge < -0.3 is 9.15 Å². The molecular formula is C13H16N2O2S. The lowest BCUT2D eigenvalue weighted by atomic mass is 10.2. The number of aromatic nitrogens is 2. The van der Waals surface area contributed by atoms with Crippen molar-refractivity contribution in [3.63, 3.8) is 0 Å². The molecule has 0 N–H and O–H groups in total. The molecule has 0 fully saturated rings. The molecular weight excluding hydrogens is 248 g/mol. The lowest BCUT2D eigenvalue weighted by molar-refractivity contribution is 0.340. The molecule has 5 heteroatoms. The van der Waals surface area contributed by atoms with Gasteiger partial charge in [-0.1, -0.05) is 37.7 Å². The van der Waals surface area contributed by atoms with Crippen LogP contribution in [0.25, 0.3) is 11.5 Å². The molecule has 0 aliphatic carbocycles. The number of thioether (sulfide) groups is 1. The van der Waals surface area contributed by atoms with Crippen LogP contribution in [0.15, 0.2) is 33.9 Å². The first-order valence-electron chi connectivity index (χ1n) is 5.93. The highest BCUT2D eigenvalue weighted by Gasteiger charge is 2.14. The Morgan fingerprint density at radius 1 is 1.28 bits per heavy atom. The van der Waals surface area contributed by atoms with Crippen molar-refractivity contribution in [1.82, 2.24) is 10.2 Å². The lowest BCUT2D eigenvalue weighted by Crippen LogP contribution is -1.93. The quantitative estimate of drug-likeness (QED) is 0.772. The van der Waals surface area contributed by atoms with Crippen LogP contribution in [0.3, 0.4) is 0 Å². The van der Waals surface area contributed by atoms with Crippen LogP contribution in [0.1, 0.15) is 20.8 Å². The van der Waals surface area contributed by atoms with Crippen LogP contribution in [0.5, 0.6) is 5.75 Å². The fourth-order valence-electron chi connectivity index (χ4n) is 1.49. The van der Waals surface area contributed by atoms with E-state index in [9.17, 15) is 0 Å². The van der Waals surface area contributed by atoms with Crippen LogP contribution in [0.2, 0.25) is 0 Å². The van der Waals surface area contributed by atoms with Gasteiger partial charge in [0.2, 0.25) is 0 Å². The standard InChI is InChI=1S/C13H16N2O2S/c1-4-16-11-8-6-5-7-10(11)12-14-15-13(17-12)18-9(2)3/h5-9H,4H2,1-3H3. The molecule has 4 nitrogen and oxygen atoms in total. The van der Waals surface area contributed by atoms with Crippen LogP contribution < -0.4 is 4.74 Å². The predicted octanol–water partition coefficient (Wildman–Crippen LogP) is 3.64. The van der Waals surface area contributed by atoms with E-state index in [0.29, 0.717) is 23.0 Å². The van der Waals surface area contributed by atoms with Crippen molar-refractivity contribution in [2.75, 3.05) is 6.61 Å². The minimum Gasteiger partial charge on any atom is -0.493 e. The summed E-state index contributed by atoms with van der Waals surface area (Å²) in [5.41, 5.74) is 0.836. The number of rotatable bonds is 5. The van der Waals surface area contributed by atoms with Crippen molar-refractivity contribution in [3.8, 4) is 17.2 Å². The summed E-state index contributed by atoms with van der Waals surface area (Å²) in [6.45, 7) is 6.73. The van der Waals surface area contributed by atoms with Crippen molar-refractivity contribution < 1.29 is 9.15 Å². The van der Waals surface area contributed by atoms with Gasteiger partial charge in [-0.3, -0.25) is 0 Å². The van der Waals surface area contributed by atoms with Gasteiger partial charge in [0, 0.05) is 5.25 Å². The predicted molar refractivity (Wildman–Crippen MR) is 71.9 cm³/mol. The van der Waals surface area contributed by atoms with Gasteiger partial charge in [0.05, 0.1) is 12.2 Å². The number of hydrogen-bond acceptors (Lipinski definition) is 5. The Kier molecular flexibility index (Phi) is 4.25. The molecule has 0 saturated carbocycles. The highest BCUT2D eigenvalue weighted by molar-refractivity contribution is 7.99. The molecule has 0 spiro atoms. The SMILES string of the molecule is CCOc1ccccc1-c1nnc(SC(C)C)o1. The first-order valence-corrected chi connectivity index (χ1v) is 6.81. The highest BCUT2D eigenvalue weighted by Crippen LogP contribution is 2.31. The van der Waals surface area contributed by atoms with Crippen LogP contribution >= 0.6 is 11.8 Å². The zero-order valence-corrected chi connectivity index (χ0v) is 11.5. The van der Waals surface area contributed by atoms with E-state index in [1.54, 1.807) is 11.8 Å². The van der Waals surface area contributed by atoms with Gasteiger partial charge in [0.25, 0.3) is 11.1 Å². The molecule has 2 aromatic rings. The second-order valence-corrected chi connectivity index (χ2v) is 5.50. The van der Waals surface area contributed by atoms with Crippen LogP contribution in [0.4, 0.5) is 0 Å². The normalized spacial score (nSPS) is 10.9. The fourth-order valence-corrected chi connectivity index (χ4v) is 2.11. The van der Waals surface area contributed by atoms with Crippen LogP contribution in [-0.2, 0) is 0 Å². The molecule has 0 atom stereocenters.